The van der Waals surface area contributed by atoms with Gasteiger partial charge >= 0.3 is 0 Å². The molecular formula is C27H40N4O4. The van der Waals surface area contributed by atoms with Crippen molar-refractivity contribution in [2.45, 2.75) is 84.7 Å². The average molecular weight is 485 g/mol. The molecular weight excluding hydrogens is 444 g/mol. The standard InChI is InChI=1S/C27H40N4O4/c1-4-5-7-15-30(16-8-6-14-28-25(33)17-19(2)3)22-11-9-10-20-21(22)18-31(27(20)35)23-12-13-24(32)29-26(23)34/h9-11,19,23H,4-8,12-18H2,1-3H3,(H,28,33)(H,29,32,34). The average Bonchev–Trinajstić information content (AvgIpc) is 3.14. The largest absolute Gasteiger partial charge is 0.371 e. The zero-order valence-electron chi connectivity index (χ0n) is 21.4. The van der Waals surface area contributed by atoms with Gasteiger partial charge in [0.2, 0.25) is 17.7 Å². The molecule has 0 aliphatic carbocycles. The van der Waals surface area contributed by atoms with Crippen LogP contribution in [0.25, 0.3) is 0 Å². The van der Waals surface area contributed by atoms with Gasteiger partial charge in [0.1, 0.15) is 6.04 Å². The third kappa shape index (κ3) is 7.05. The van der Waals surface area contributed by atoms with Gasteiger partial charge in [-0.25, -0.2) is 0 Å². The molecule has 1 aromatic carbocycles. The van der Waals surface area contributed by atoms with Crippen LogP contribution in [0, 0.1) is 5.92 Å². The Labute approximate surface area is 208 Å². The third-order valence-corrected chi connectivity index (χ3v) is 6.70. The van der Waals surface area contributed by atoms with Gasteiger partial charge in [-0.1, -0.05) is 39.7 Å². The molecule has 0 bridgehead atoms. The van der Waals surface area contributed by atoms with Crippen molar-refractivity contribution in [3.8, 4) is 0 Å². The molecule has 1 fully saturated rings. The van der Waals surface area contributed by atoms with Gasteiger partial charge in [0.25, 0.3) is 5.91 Å². The molecule has 2 aliphatic heterocycles. The highest BCUT2D eigenvalue weighted by Crippen LogP contribution is 2.34. The van der Waals surface area contributed by atoms with E-state index in [-0.39, 0.29) is 30.0 Å². The van der Waals surface area contributed by atoms with Crippen LogP contribution < -0.4 is 15.5 Å². The number of nitrogens with one attached hydrogen (secondary N) is 2. The van der Waals surface area contributed by atoms with E-state index < -0.39 is 6.04 Å². The van der Waals surface area contributed by atoms with Crippen LogP contribution in [0.2, 0.25) is 0 Å². The number of imide groups is 1. The molecule has 8 nitrogen and oxygen atoms in total. The highest BCUT2D eigenvalue weighted by Gasteiger charge is 2.40. The van der Waals surface area contributed by atoms with Gasteiger partial charge < -0.3 is 15.1 Å². The lowest BCUT2D eigenvalue weighted by molar-refractivity contribution is -0.137. The lowest BCUT2D eigenvalue weighted by Crippen LogP contribution is -2.52. The zero-order valence-corrected chi connectivity index (χ0v) is 21.4. The van der Waals surface area contributed by atoms with E-state index in [2.05, 4.69) is 28.5 Å². The molecule has 1 saturated heterocycles. The summed E-state index contributed by atoms with van der Waals surface area (Å²) in [7, 11) is 0. The molecule has 8 heteroatoms. The first-order valence-corrected chi connectivity index (χ1v) is 13.1. The van der Waals surface area contributed by atoms with Gasteiger partial charge in [-0.3, -0.25) is 24.5 Å². The molecule has 2 heterocycles. The summed E-state index contributed by atoms with van der Waals surface area (Å²) in [5.41, 5.74) is 2.66. The first-order chi connectivity index (χ1) is 16.8. The maximum Gasteiger partial charge on any atom is 0.255 e. The van der Waals surface area contributed by atoms with Crippen molar-refractivity contribution in [1.29, 1.82) is 0 Å². The van der Waals surface area contributed by atoms with Gasteiger partial charge in [-0.15, -0.1) is 0 Å². The number of hydrogen-bond donors (Lipinski definition) is 2. The minimum Gasteiger partial charge on any atom is -0.371 e. The Morgan fingerprint density at radius 1 is 1.14 bits per heavy atom. The van der Waals surface area contributed by atoms with Crippen molar-refractivity contribution >= 4 is 29.3 Å². The monoisotopic (exact) mass is 484 g/mol. The minimum atomic E-state index is -0.608. The number of hydrogen-bond acceptors (Lipinski definition) is 5. The first kappa shape index (κ1) is 26.7. The van der Waals surface area contributed by atoms with E-state index in [1.807, 2.05) is 26.0 Å². The number of unbranched alkanes of at least 4 members (excludes halogenated alkanes) is 3. The number of fused-ring (bicyclic) bond motifs is 1. The molecule has 0 spiro atoms. The molecule has 192 valence electrons. The van der Waals surface area contributed by atoms with Crippen molar-refractivity contribution in [2.24, 2.45) is 5.92 Å². The SMILES string of the molecule is CCCCCN(CCCCNC(=O)CC(C)C)c1cccc2c1CN(C1CCC(=O)NC1=O)C2=O. The number of amides is 4. The van der Waals surface area contributed by atoms with Crippen molar-refractivity contribution in [3.05, 3.63) is 29.3 Å². The van der Waals surface area contributed by atoms with E-state index in [9.17, 15) is 19.2 Å². The fourth-order valence-electron chi connectivity index (χ4n) is 4.87. The maximum atomic E-state index is 13.2. The van der Waals surface area contributed by atoms with Crippen LogP contribution >= 0.6 is 0 Å². The maximum absolute atomic E-state index is 13.2. The van der Waals surface area contributed by atoms with Crippen molar-refractivity contribution in [3.63, 3.8) is 0 Å². The molecule has 3 rings (SSSR count). The second kappa shape index (κ2) is 12.7. The number of carbonyl (C=O) groups excluding carboxylic acids is 4. The number of nitrogens with zero attached hydrogens (tertiary/aromatic N) is 2. The highest BCUT2D eigenvalue weighted by atomic mass is 16.2. The van der Waals surface area contributed by atoms with E-state index in [0.29, 0.717) is 37.4 Å². The van der Waals surface area contributed by atoms with Gasteiger partial charge in [-0.05, 0) is 43.7 Å². The molecule has 35 heavy (non-hydrogen) atoms. The number of piperidine rings is 1. The van der Waals surface area contributed by atoms with Gasteiger partial charge in [0, 0.05) is 55.8 Å². The Balaban J connectivity index is 1.67. The summed E-state index contributed by atoms with van der Waals surface area (Å²) in [6.07, 6.45) is 6.32. The van der Waals surface area contributed by atoms with E-state index in [1.54, 1.807) is 4.90 Å². The van der Waals surface area contributed by atoms with Crippen molar-refractivity contribution < 1.29 is 19.2 Å². The van der Waals surface area contributed by atoms with Crippen LogP contribution in [0.4, 0.5) is 5.69 Å². The summed E-state index contributed by atoms with van der Waals surface area (Å²) in [6, 6.07) is 5.21. The fraction of sp³-hybridized carbons (Fsp3) is 0.630. The van der Waals surface area contributed by atoms with Crippen LogP contribution in [-0.4, -0.2) is 54.2 Å². The molecule has 0 aromatic heterocycles. The molecule has 1 aromatic rings. The van der Waals surface area contributed by atoms with Crippen LogP contribution in [0.15, 0.2) is 18.2 Å². The highest BCUT2D eigenvalue weighted by molar-refractivity contribution is 6.06. The van der Waals surface area contributed by atoms with E-state index in [0.717, 1.165) is 56.4 Å². The lowest BCUT2D eigenvalue weighted by atomic mass is 10.0. The Bertz CT molecular complexity index is 930. The number of carbonyl (C=O) groups is 4. The minimum absolute atomic E-state index is 0.104. The molecule has 2 aliphatic rings. The lowest BCUT2D eigenvalue weighted by Gasteiger charge is -2.30. The quantitative estimate of drug-likeness (QED) is 0.330. The number of anilines is 1. The number of rotatable bonds is 13. The Kier molecular flexibility index (Phi) is 9.69. The van der Waals surface area contributed by atoms with Gasteiger partial charge in [0.05, 0.1) is 0 Å². The van der Waals surface area contributed by atoms with E-state index in [1.165, 1.54) is 0 Å². The summed E-state index contributed by atoms with van der Waals surface area (Å²) < 4.78 is 0. The summed E-state index contributed by atoms with van der Waals surface area (Å²) in [5, 5.41) is 5.38. The molecule has 2 N–H and O–H groups in total. The summed E-state index contributed by atoms with van der Waals surface area (Å²) in [6.45, 7) is 9.05. The zero-order chi connectivity index (χ0) is 25.4. The molecule has 1 unspecified atom stereocenters. The van der Waals surface area contributed by atoms with Crippen LogP contribution in [-0.2, 0) is 20.9 Å². The Morgan fingerprint density at radius 3 is 2.57 bits per heavy atom. The third-order valence-electron chi connectivity index (χ3n) is 6.70. The second-order valence-electron chi connectivity index (χ2n) is 10.1. The Hall–Kier alpha value is -2.90. The predicted octanol–water partition coefficient (Wildman–Crippen LogP) is 3.39. The van der Waals surface area contributed by atoms with E-state index in [4.69, 9.17) is 0 Å². The van der Waals surface area contributed by atoms with Crippen LogP contribution in [0.1, 0.15) is 88.1 Å². The van der Waals surface area contributed by atoms with Gasteiger partial charge in [0.15, 0.2) is 0 Å². The molecule has 0 radical (unpaired) electrons. The van der Waals surface area contributed by atoms with Crippen molar-refractivity contribution in [2.75, 3.05) is 24.5 Å². The molecule has 0 saturated carbocycles. The first-order valence-electron chi connectivity index (χ1n) is 13.1. The second-order valence-corrected chi connectivity index (χ2v) is 10.1. The van der Waals surface area contributed by atoms with Crippen molar-refractivity contribution in [1.82, 2.24) is 15.5 Å². The van der Waals surface area contributed by atoms with Gasteiger partial charge in [-0.2, -0.15) is 0 Å². The summed E-state index contributed by atoms with van der Waals surface area (Å²) in [4.78, 5) is 53.1. The Morgan fingerprint density at radius 2 is 1.89 bits per heavy atom. The normalized spacial score (nSPS) is 17.5. The summed E-state index contributed by atoms with van der Waals surface area (Å²) >= 11 is 0. The van der Waals surface area contributed by atoms with E-state index >= 15 is 0 Å². The molecule has 1 atom stereocenters. The number of benzene rings is 1. The molecule has 4 amide bonds. The smallest absolute Gasteiger partial charge is 0.255 e. The summed E-state index contributed by atoms with van der Waals surface area (Å²) in [5.74, 6) is -0.348. The van der Waals surface area contributed by atoms with Crippen LogP contribution in [0.3, 0.4) is 0 Å². The topological polar surface area (TPSA) is 98.8 Å². The van der Waals surface area contributed by atoms with Crippen LogP contribution in [0.5, 0.6) is 0 Å². The fourth-order valence-corrected chi connectivity index (χ4v) is 4.87. The predicted molar refractivity (Wildman–Crippen MR) is 136 cm³/mol.